The lowest BCUT2D eigenvalue weighted by Gasteiger charge is -2.26. The van der Waals surface area contributed by atoms with Crippen LogP contribution in [0.3, 0.4) is 0 Å². The highest BCUT2D eigenvalue weighted by Gasteiger charge is 2.26. The fourth-order valence-corrected chi connectivity index (χ4v) is 7.69. The molecule has 5 heteroatoms. The van der Waals surface area contributed by atoms with Crippen LogP contribution in [0.5, 0.6) is 0 Å². The normalized spacial score (nSPS) is 13.6. The largest absolute Gasteiger partial charge is 0.394 e. The van der Waals surface area contributed by atoms with Crippen molar-refractivity contribution in [2.24, 2.45) is 0 Å². The van der Waals surface area contributed by atoms with Gasteiger partial charge in [0.05, 0.1) is 18.8 Å². The van der Waals surface area contributed by atoms with Crippen LogP contribution >= 0.6 is 0 Å². The second-order valence-corrected chi connectivity index (χ2v) is 17.0. The number of aliphatic hydroxyl groups excluding tert-OH is 3. The summed E-state index contributed by atoms with van der Waals surface area (Å²) in [5.74, 6) is -0.157. The van der Waals surface area contributed by atoms with E-state index in [9.17, 15) is 20.1 Å². The minimum Gasteiger partial charge on any atom is -0.394 e. The SMILES string of the molecule is CCCCCCCC/C=C\CCCCCCCCCC(=O)NC(CO)C(O)C(O)CCC/C=C/CCCCCCCCCCCCCCCCCCCCC. The molecule has 0 fully saturated rings. The van der Waals surface area contributed by atoms with E-state index in [1.807, 2.05) is 0 Å². The Morgan fingerprint density at radius 3 is 1.05 bits per heavy atom. The minimum absolute atomic E-state index is 0.157. The molecule has 0 saturated carbocycles. The van der Waals surface area contributed by atoms with Crippen LogP contribution in [0.25, 0.3) is 0 Å². The molecular weight excluding hydrogens is 679 g/mol. The second-order valence-electron chi connectivity index (χ2n) is 17.0. The van der Waals surface area contributed by atoms with Gasteiger partial charge in [0.1, 0.15) is 6.10 Å². The summed E-state index contributed by atoms with van der Waals surface area (Å²) in [7, 11) is 0. The van der Waals surface area contributed by atoms with Crippen molar-refractivity contribution >= 4 is 5.91 Å². The third kappa shape index (κ3) is 40.8. The van der Waals surface area contributed by atoms with Crippen LogP contribution < -0.4 is 5.32 Å². The Morgan fingerprint density at radius 1 is 0.436 bits per heavy atom. The Hall–Kier alpha value is -1.17. The predicted octanol–water partition coefficient (Wildman–Crippen LogP) is 14.6. The topological polar surface area (TPSA) is 89.8 Å². The number of carbonyl (C=O) groups excluding carboxylic acids is 1. The molecule has 0 aliphatic rings. The van der Waals surface area contributed by atoms with Crippen molar-refractivity contribution in [3.05, 3.63) is 24.3 Å². The summed E-state index contributed by atoms with van der Waals surface area (Å²) >= 11 is 0. The maximum absolute atomic E-state index is 12.4. The molecule has 1 amide bonds. The van der Waals surface area contributed by atoms with Gasteiger partial charge in [-0.05, 0) is 64.2 Å². The van der Waals surface area contributed by atoms with Crippen LogP contribution in [0.4, 0.5) is 0 Å². The number of hydrogen-bond donors (Lipinski definition) is 4. The summed E-state index contributed by atoms with van der Waals surface area (Å²) in [5.41, 5.74) is 0. The van der Waals surface area contributed by atoms with E-state index in [2.05, 4.69) is 43.5 Å². The minimum atomic E-state index is -1.16. The molecule has 326 valence electrons. The average Bonchev–Trinajstić information content (AvgIpc) is 3.19. The van der Waals surface area contributed by atoms with Crippen molar-refractivity contribution < 1.29 is 20.1 Å². The van der Waals surface area contributed by atoms with E-state index < -0.39 is 18.2 Å². The fraction of sp³-hybridized carbons (Fsp3) is 0.900. The van der Waals surface area contributed by atoms with Gasteiger partial charge in [-0.25, -0.2) is 0 Å². The van der Waals surface area contributed by atoms with Gasteiger partial charge in [-0.2, -0.15) is 0 Å². The maximum atomic E-state index is 12.4. The van der Waals surface area contributed by atoms with E-state index in [1.165, 1.54) is 199 Å². The standard InChI is InChI=1S/C50H97NO4/c1-3-5-7-9-11-13-15-17-19-21-22-23-24-25-26-27-29-30-32-34-36-38-40-42-44-48(53)50(55)47(46-52)51-49(54)45-43-41-39-37-35-33-31-28-20-18-16-14-12-10-8-6-4-2/h18,20,36,38,47-48,50,52-53,55H,3-17,19,21-35,37,39-46H2,1-2H3,(H,51,54)/b20-18-,38-36+. The Morgan fingerprint density at radius 2 is 0.727 bits per heavy atom. The van der Waals surface area contributed by atoms with E-state index in [4.69, 9.17) is 0 Å². The number of amides is 1. The number of aliphatic hydroxyl groups is 3. The zero-order chi connectivity index (χ0) is 40.1. The van der Waals surface area contributed by atoms with Crippen LogP contribution in [-0.4, -0.2) is 46.1 Å². The summed E-state index contributed by atoms with van der Waals surface area (Å²) in [6.45, 7) is 4.18. The molecule has 0 aromatic rings. The van der Waals surface area contributed by atoms with Crippen molar-refractivity contribution in [2.45, 2.75) is 283 Å². The van der Waals surface area contributed by atoms with Crippen LogP contribution in [0.2, 0.25) is 0 Å². The van der Waals surface area contributed by atoms with Gasteiger partial charge in [-0.3, -0.25) is 4.79 Å². The Kier molecular flexibility index (Phi) is 44.6. The van der Waals surface area contributed by atoms with Gasteiger partial charge < -0.3 is 20.6 Å². The van der Waals surface area contributed by atoms with E-state index in [0.717, 1.165) is 38.5 Å². The summed E-state index contributed by atoms with van der Waals surface area (Å²) < 4.78 is 0. The highest BCUT2D eigenvalue weighted by atomic mass is 16.3. The molecule has 4 N–H and O–H groups in total. The molecule has 0 heterocycles. The first-order valence-corrected chi connectivity index (χ1v) is 24.6. The van der Waals surface area contributed by atoms with Gasteiger partial charge in [0.25, 0.3) is 0 Å². The van der Waals surface area contributed by atoms with Crippen molar-refractivity contribution in [3.63, 3.8) is 0 Å². The summed E-state index contributed by atoms with van der Waals surface area (Å²) in [6.07, 6.45) is 55.9. The Bertz CT molecular complexity index is 814. The maximum Gasteiger partial charge on any atom is 0.220 e. The van der Waals surface area contributed by atoms with Crippen molar-refractivity contribution in [3.8, 4) is 0 Å². The summed E-state index contributed by atoms with van der Waals surface area (Å²) in [6, 6.07) is -0.827. The smallest absolute Gasteiger partial charge is 0.220 e. The Balaban J connectivity index is 3.61. The van der Waals surface area contributed by atoms with Crippen LogP contribution in [0.15, 0.2) is 24.3 Å². The highest BCUT2D eigenvalue weighted by Crippen LogP contribution is 2.16. The molecule has 55 heavy (non-hydrogen) atoms. The molecule has 0 rings (SSSR count). The molecule has 0 aliphatic heterocycles. The molecule has 0 saturated heterocycles. The molecule has 0 bridgehead atoms. The summed E-state index contributed by atoms with van der Waals surface area (Å²) in [5, 5.41) is 33.6. The van der Waals surface area contributed by atoms with Gasteiger partial charge in [-0.15, -0.1) is 0 Å². The van der Waals surface area contributed by atoms with Gasteiger partial charge in [0.15, 0.2) is 0 Å². The van der Waals surface area contributed by atoms with Crippen molar-refractivity contribution in [2.75, 3.05) is 6.61 Å². The zero-order valence-electron chi connectivity index (χ0n) is 37.1. The number of rotatable bonds is 45. The number of allylic oxidation sites excluding steroid dienone is 4. The Labute approximate surface area is 343 Å². The van der Waals surface area contributed by atoms with E-state index >= 15 is 0 Å². The van der Waals surface area contributed by atoms with E-state index in [-0.39, 0.29) is 12.5 Å². The predicted molar refractivity (Wildman–Crippen MR) is 241 cm³/mol. The van der Waals surface area contributed by atoms with Crippen LogP contribution in [0, 0.1) is 0 Å². The zero-order valence-corrected chi connectivity index (χ0v) is 37.1. The molecular formula is C50H97NO4. The number of hydrogen-bond acceptors (Lipinski definition) is 4. The van der Waals surface area contributed by atoms with Crippen molar-refractivity contribution in [1.29, 1.82) is 0 Å². The lowest BCUT2D eigenvalue weighted by molar-refractivity contribution is -0.124. The molecule has 0 spiro atoms. The number of nitrogens with one attached hydrogen (secondary N) is 1. The lowest BCUT2D eigenvalue weighted by atomic mass is 10.0. The monoisotopic (exact) mass is 776 g/mol. The van der Waals surface area contributed by atoms with Crippen LogP contribution in [0.1, 0.15) is 264 Å². The van der Waals surface area contributed by atoms with Gasteiger partial charge >= 0.3 is 0 Å². The molecule has 3 atom stereocenters. The second kappa shape index (κ2) is 45.5. The molecule has 5 nitrogen and oxygen atoms in total. The molecule has 0 radical (unpaired) electrons. The van der Waals surface area contributed by atoms with E-state index in [0.29, 0.717) is 12.8 Å². The molecule has 0 aromatic carbocycles. The first-order chi connectivity index (χ1) is 27.1. The van der Waals surface area contributed by atoms with Gasteiger partial charge in [-0.1, -0.05) is 218 Å². The van der Waals surface area contributed by atoms with Crippen LogP contribution in [-0.2, 0) is 4.79 Å². The van der Waals surface area contributed by atoms with Gasteiger partial charge in [0, 0.05) is 6.42 Å². The summed E-state index contributed by atoms with van der Waals surface area (Å²) in [4.78, 5) is 12.4. The van der Waals surface area contributed by atoms with Gasteiger partial charge in [0.2, 0.25) is 5.91 Å². The highest BCUT2D eigenvalue weighted by molar-refractivity contribution is 5.76. The van der Waals surface area contributed by atoms with Crippen molar-refractivity contribution in [1.82, 2.24) is 5.32 Å². The lowest BCUT2D eigenvalue weighted by Crippen LogP contribution is -2.50. The quantitative estimate of drug-likeness (QED) is 0.0366. The third-order valence-corrected chi connectivity index (χ3v) is 11.5. The number of carbonyl (C=O) groups is 1. The average molecular weight is 776 g/mol. The fourth-order valence-electron chi connectivity index (χ4n) is 7.69. The molecule has 3 unspecified atom stereocenters. The molecule has 0 aromatic heterocycles. The molecule has 0 aliphatic carbocycles. The third-order valence-electron chi connectivity index (χ3n) is 11.5. The first kappa shape index (κ1) is 53.8. The number of unbranched alkanes of at least 4 members (excludes halogenated alkanes) is 33. The van der Waals surface area contributed by atoms with E-state index in [1.54, 1.807) is 0 Å². The first-order valence-electron chi connectivity index (χ1n) is 24.6.